The Morgan fingerprint density at radius 2 is 2.06 bits per heavy atom. The van der Waals surface area contributed by atoms with Crippen LogP contribution in [0.1, 0.15) is 39.0 Å². The second kappa shape index (κ2) is 6.55. The lowest BCUT2D eigenvalue weighted by molar-refractivity contribution is 0.344. The third kappa shape index (κ3) is 4.49. The number of hydrogen-bond acceptors (Lipinski definition) is 3. The van der Waals surface area contributed by atoms with Crippen LogP contribution in [0.5, 0.6) is 5.88 Å². The van der Waals surface area contributed by atoms with Gasteiger partial charge in [0.25, 0.3) is 0 Å². The minimum absolute atomic E-state index is 0.0302. The normalized spacial score (nSPS) is 12.1. The van der Waals surface area contributed by atoms with Crippen LogP contribution in [0.4, 0.5) is 0 Å². The summed E-state index contributed by atoms with van der Waals surface area (Å²) in [6.07, 6.45) is 3.95. The Balaban J connectivity index is 2.98. The lowest BCUT2D eigenvalue weighted by Crippen LogP contribution is -2.16. The largest absolute Gasteiger partial charge is 0.473 e. The van der Waals surface area contributed by atoms with Crippen LogP contribution in [0, 0.1) is 0 Å². The standard InChI is InChI=1S/C15H24N2O/c1-6-7-8-18-14-10-12(11-16-5)9-13(17-14)15(2,3)4/h6-7,9-10,16H,8,11H2,1-5H3/b7-6+. The number of nitrogens with one attached hydrogen (secondary N) is 1. The first-order chi connectivity index (χ1) is 8.47. The van der Waals surface area contributed by atoms with E-state index in [0.717, 1.165) is 12.2 Å². The predicted molar refractivity (Wildman–Crippen MR) is 76.0 cm³/mol. The van der Waals surface area contributed by atoms with Gasteiger partial charge >= 0.3 is 0 Å². The zero-order valence-corrected chi connectivity index (χ0v) is 12.1. The van der Waals surface area contributed by atoms with Crippen LogP contribution in [0.2, 0.25) is 0 Å². The Labute approximate surface area is 110 Å². The second-order valence-electron chi connectivity index (χ2n) is 5.36. The van der Waals surface area contributed by atoms with Gasteiger partial charge in [-0.15, -0.1) is 0 Å². The molecule has 0 unspecified atom stereocenters. The van der Waals surface area contributed by atoms with E-state index in [1.807, 2.05) is 32.2 Å². The van der Waals surface area contributed by atoms with E-state index in [4.69, 9.17) is 4.74 Å². The fraction of sp³-hybridized carbons (Fsp3) is 0.533. The average molecular weight is 248 g/mol. The zero-order chi connectivity index (χ0) is 13.6. The van der Waals surface area contributed by atoms with Crippen LogP contribution in [0.25, 0.3) is 0 Å². The first-order valence-electron chi connectivity index (χ1n) is 6.37. The molecule has 0 amide bonds. The third-order valence-electron chi connectivity index (χ3n) is 2.57. The smallest absolute Gasteiger partial charge is 0.214 e. The SMILES string of the molecule is C/C=C/COc1cc(CNC)cc(C(C)(C)C)n1. The molecular formula is C15H24N2O. The van der Waals surface area contributed by atoms with Gasteiger partial charge in [0.15, 0.2) is 0 Å². The molecule has 0 aliphatic heterocycles. The fourth-order valence-corrected chi connectivity index (χ4v) is 1.55. The highest BCUT2D eigenvalue weighted by Gasteiger charge is 2.17. The summed E-state index contributed by atoms with van der Waals surface area (Å²) in [5.41, 5.74) is 2.29. The van der Waals surface area contributed by atoms with E-state index < -0.39 is 0 Å². The first kappa shape index (κ1) is 14.7. The Hall–Kier alpha value is -1.35. The van der Waals surface area contributed by atoms with Crippen molar-refractivity contribution in [3.63, 3.8) is 0 Å². The first-order valence-corrected chi connectivity index (χ1v) is 6.37. The lowest BCUT2D eigenvalue weighted by atomic mass is 9.91. The summed E-state index contributed by atoms with van der Waals surface area (Å²) >= 11 is 0. The van der Waals surface area contributed by atoms with Gasteiger partial charge in [-0.3, -0.25) is 0 Å². The van der Waals surface area contributed by atoms with Crippen LogP contribution >= 0.6 is 0 Å². The molecule has 0 spiro atoms. The summed E-state index contributed by atoms with van der Waals surface area (Å²) < 4.78 is 5.64. The predicted octanol–water partition coefficient (Wildman–Crippen LogP) is 3.05. The van der Waals surface area contributed by atoms with Gasteiger partial charge in [-0.2, -0.15) is 0 Å². The molecule has 0 aliphatic rings. The van der Waals surface area contributed by atoms with E-state index in [2.05, 4.69) is 37.1 Å². The Kier molecular flexibility index (Phi) is 5.35. The molecule has 1 N–H and O–H groups in total. The number of ether oxygens (including phenoxy) is 1. The minimum atomic E-state index is 0.0302. The molecule has 0 saturated carbocycles. The van der Waals surface area contributed by atoms with Gasteiger partial charge < -0.3 is 10.1 Å². The van der Waals surface area contributed by atoms with Gasteiger partial charge in [0, 0.05) is 18.0 Å². The topological polar surface area (TPSA) is 34.1 Å². The molecule has 1 aromatic rings. The lowest BCUT2D eigenvalue weighted by Gasteiger charge is -2.19. The zero-order valence-electron chi connectivity index (χ0n) is 12.1. The Morgan fingerprint density at radius 1 is 1.33 bits per heavy atom. The van der Waals surface area contributed by atoms with Crippen LogP contribution in [0.15, 0.2) is 24.3 Å². The van der Waals surface area contributed by atoms with Gasteiger partial charge in [-0.05, 0) is 25.6 Å². The van der Waals surface area contributed by atoms with Crippen molar-refractivity contribution in [3.05, 3.63) is 35.5 Å². The number of pyridine rings is 1. The molecular weight excluding hydrogens is 224 g/mol. The van der Waals surface area contributed by atoms with Gasteiger partial charge in [-0.1, -0.05) is 32.9 Å². The molecule has 1 aromatic heterocycles. The summed E-state index contributed by atoms with van der Waals surface area (Å²) in [4.78, 5) is 4.57. The molecule has 18 heavy (non-hydrogen) atoms. The van der Waals surface area contributed by atoms with E-state index in [-0.39, 0.29) is 5.41 Å². The minimum Gasteiger partial charge on any atom is -0.473 e. The molecule has 1 heterocycles. The molecule has 0 saturated heterocycles. The second-order valence-corrected chi connectivity index (χ2v) is 5.36. The molecule has 0 radical (unpaired) electrons. The monoisotopic (exact) mass is 248 g/mol. The van der Waals surface area contributed by atoms with E-state index >= 15 is 0 Å². The summed E-state index contributed by atoms with van der Waals surface area (Å²) in [6.45, 7) is 9.85. The van der Waals surface area contributed by atoms with Crippen molar-refractivity contribution >= 4 is 0 Å². The molecule has 1 rings (SSSR count). The number of nitrogens with zero attached hydrogens (tertiary/aromatic N) is 1. The van der Waals surface area contributed by atoms with Crippen LogP contribution in [-0.4, -0.2) is 18.6 Å². The molecule has 0 bridgehead atoms. The van der Waals surface area contributed by atoms with E-state index in [9.17, 15) is 0 Å². The van der Waals surface area contributed by atoms with Gasteiger partial charge in [0.2, 0.25) is 5.88 Å². The van der Waals surface area contributed by atoms with Gasteiger partial charge in [0.05, 0.1) is 5.69 Å². The van der Waals surface area contributed by atoms with Gasteiger partial charge in [-0.25, -0.2) is 4.98 Å². The number of allylic oxidation sites excluding steroid dienone is 1. The maximum atomic E-state index is 5.64. The number of aromatic nitrogens is 1. The summed E-state index contributed by atoms with van der Waals surface area (Å²) in [5, 5.41) is 3.16. The summed E-state index contributed by atoms with van der Waals surface area (Å²) in [7, 11) is 1.94. The maximum absolute atomic E-state index is 5.64. The van der Waals surface area contributed by atoms with Gasteiger partial charge in [0.1, 0.15) is 6.61 Å². The Bertz CT molecular complexity index is 405. The summed E-state index contributed by atoms with van der Waals surface area (Å²) in [5.74, 6) is 0.700. The van der Waals surface area contributed by atoms with E-state index in [0.29, 0.717) is 12.5 Å². The molecule has 0 aromatic carbocycles. The molecule has 0 aliphatic carbocycles. The van der Waals surface area contributed by atoms with Crippen molar-refractivity contribution in [2.45, 2.75) is 39.7 Å². The van der Waals surface area contributed by atoms with Crippen molar-refractivity contribution in [1.29, 1.82) is 0 Å². The Morgan fingerprint density at radius 3 is 2.61 bits per heavy atom. The van der Waals surface area contributed by atoms with E-state index in [1.54, 1.807) is 0 Å². The van der Waals surface area contributed by atoms with Crippen molar-refractivity contribution < 1.29 is 4.74 Å². The fourth-order valence-electron chi connectivity index (χ4n) is 1.55. The van der Waals surface area contributed by atoms with Crippen molar-refractivity contribution in [2.24, 2.45) is 0 Å². The van der Waals surface area contributed by atoms with Crippen LogP contribution in [0.3, 0.4) is 0 Å². The molecule has 100 valence electrons. The average Bonchev–Trinajstić information content (AvgIpc) is 2.28. The highest BCUT2D eigenvalue weighted by atomic mass is 16.5. The highest BCUT2D eigenvalue weighted by Crippen LogP contribution is 2.24. The maximum Gasteiger partial charge on any atom is 0.214 e. The highest BCUT2D eigenvalue weighted by molar-refractivity contribution is 5.28. The third-order valence-corrected chi connectivity index (χ3v) is 2.57. The van der Waals surface area contributed by atoms with Crippen molar-refractivity contribution in [1.82, 2.24) is 10.3 Å². The molecule has 0 atom stereocenters. The molecule has 0 fully saturated rings. The number of hydrogen-bond donors (Lipinski definition) is 1. The quantitative estimate of drug-likeness (QED) is 0.813. The van der Waals surface area contributed by atoms with E-state index in [1.165, 1.54) is 5.56 Å². The van der Waals surface area contributed by atoms with Crippen molar-refractivity contribution in [3.8, 4) is 5.88 Å². The van der Waals surface area contributed by atoms with Crippen LogP contribution in [-0.2, 0) is 12.0 Å². The number of rotatable bonds is 5. The molecule has 3 nitrogen and oxygen atoms in total. The van der Waals surface area contributed by atoms with Crippen LogP contribution < -0.4 is 10.1 Å². The van der Waals surface area contributed by atoms with Crippen molar-refractivity contribution in [2.75, 3.05) is 13.7 Å². The summed E-state index contributed by atoms with van der Waals surface area (Å²) in [6, 6.07) is 4.13. The molecule has 3 heteroatoms.